The molecule has 2 aromatic heterocycles. The van der Waals surface area contributed by atoms with Crippen LogP contribution < -0.4 is 15.5 Å². The zero-order chi connectivity index (χ0) is 25.3. The number of aromatic carboxylic acids is 1. The van der Waals surface area contributed by atoms with Crippen molar-refractivity contribution in [2.75, 3.05) is 38.3 Å². The Labute approximate surface area is 215 Å². The zero-order valence-electron chi connectivity index (χ0n) is 19.0. The molecule has 0 aliphatic carbocycles. The van der Waals surface area contributed by atoms with Crippen LogP contribution in [0.2, 0.25) is 10.0 Å². The SMILES string of the molecule is CO[C@H]1CN(c2nc(C(=O)N[C@@H]3CCOC3)c(C(=O)O)s2)CC[C@H]1NC(=O)c1[nH]c(C)c(Cl)c1Cl. The Morgan fingerprint density at radius 3 is 2.60 bits per heavy atom. The molecular weight excluding hydrogens is 521 g/mol. The smallest absolute Gasteiger partial charge is 0.348 e. The number of rotatable bonds is 7. The summed E-state index contributed by atoms with van der Waals surface area (Å²) in [4.78, 5) is 46.2. The molecule has 3 atom stereocenters. The number of anilines is 1. The molecule has 35 heavy (non-hydrogen) atoms. The predicted octanol–water partition coefficient (Wildman–Crippen LogP) is 2.33. The predicted molar refractivity (Wildman–Crippen MR) is 130 cm³/mol. The molecule has 14 heteroatoms. The van der Waals surface area contributed by atoms with E-state index >= 15 is 0 Å². The molecule has 0 bridgehead atoms. The quantitative estimate of drug-likeness (QED) is 0.414. The van der Waals surface area contributed by atoms with Crippen molar-refractivity contribution in [1.29, 1.82) is 0 Å². The number of carbonyl (C=O) groups is 3. The van der Waals surface area contributed by atoms with Crippen molar-refractivity contribution in [2.45, 2.75) is 38.0 Å². The first-order valence-electron chi connectivity index (χ1n) is 10.9. The Bertz CT molecular complexity index is 1130. The number of halogens is 2. The Morgan fingerprint density at radius 2 is 2.00 bits per heavy atom. The zero-order valence-corrected chi connectivity index (χ0v) is 21.4. The van der Waals surface area contributed by atoms with Crippen LogP contribution in [-0.4, -0.2) is 84.5 Å². The maximum Gasteiger partial charge on any atom is 0.348 e. The number of nitrogens with zero attached hydrogens (tertiary/aromatic N) is 2. The van der Waals surface area contributed by atoms with Crippen molar-refractivity contribution < 1.29 is 29.0 Å². The number of aromatic amines is 1. The minimum atomic E-state index is -1.22. The van der Waals surface area contributed by atoms with E-state index < -0.39 is 23.9 Å². The molecule has 2 saturated heterocycles. The van der Waals surface area contributed by atoms with Gasteiger partial charge < -0.3 is 35.1 Å². The van der Waals surface area contributed by atoms with Gasteiger partial charge in [0.25, 0.3) is 11.8 Å². The van der Waals surface area contributed by atoms with E-state index in [1.54, 1.807) is 6.92 Å². The van der Waals surface area contributed by atoms with Crippen molar-refractivity contribution in [3.05, 3.63) is 32.0 Å². The first-order chi connectivity index (χ1) is 16.7. The van der Waals surface area contributed by atoms with Crippen LogP contribution >= 0.6 is 34.5 Å². The van der Waals surface area contributed by atoms with Gasteiger partial charge in [-0.2, -0.15) is 0 Å². The van der Waals surface area contributed by atoms with E-state index in [0.717, 1.165) is 11.3 Å². The average molecular weight is 546 g/mol. The second-order valence-electron chi connectivity index (χ2n) is 8.36. The topological polar surface area (TPSA) is 146 Å². The van der Waals surface area contributed by atoms with Crippen molar-refractivity contribution in [1.82, 2.24) is 20.6 Å². The van der Waals surface area contributed by atoms with Crippen molar-refractivity contribution in [2.24, 2.45) is 0 Å². The third-order valence-corrected chi connectivity index (χ3v) is 8.07. The maximum absolute atomic E-state index is 12.8. The summed E-state index contributed by atoms with van der Waals surface area (Å²) in [5.74, 6) is -2.16. The van der Waals surface area contributed by atoms with Gasteiger partial charge in [-0.25, -0.2) is 9.78 Å². The normalized spacial score (nSPS) is 22.3. The van der Waals surface area contributed by atoms with Crippen LogP contribution in [0, 0.1) is 6.92 Å². The summed E-state index contributed by atoms with van der Waals surface area (Å²) in [6, 6.07) is -0.496. The van der Waals surface area contributed by atoms with E-state index in [9.17, 15) is 19.5 Å². The molecule has 4 rings (SSSR count). The van der Waals surface area contributed by atoms with Crippen molar-refractivity contribution >= 4 is 57.5 Å². The van der Waals surface area contributed by atoms with Crippen LogP contribution in [0.3, 0.4) is 0 Å². The fourth-order valence-corrected chi connectivity index (χ4v) is 5.46. The maximum atomic E-state index is 12.8. The van der Waals surface area contributed by atoms with Crippen LogP contribution in [0.25, 0.3) is 0 Å². The van der Waals surface area contributed by atoms with Crippen LogP contribution in [0.15, 0.2) is 0 Å². The number of H-pyrrole nitrogens is 1. The molecule has 0 unspecified atom stereocenters. The molecule has 190 valence electrons. The molecule has 0 saturated carbocycles. The number of carboxylic acids is 1. The number of thiazole rings is 1. The summed E-state index contributed by atoms with van der Waals surface area (Å²) < 4.78 is 10.9. The van der Waals surface area contributed by atoms with E-state index in [0.29, 0.717) is 55.0 Å². The summed E-state index contributed by atoms with van der Waals surface area (Å²) in [5, 5.41) is 16.2. The van der Waals surface area contributed by atoms with Crippen LogP contribution in [0.4, 0.5) is 5.13 Å². The van der Waals surface area contributed by atoms with E-state index in [4.69, 9.17) is 32.7 Å². The van der Waals surface area contributed by atoms with E-state index in [-0.39, 0.29) is 33.4 Å². The number of hydrogen-bond acceptors (Lipinski definition) is 8. The minimum Gasteiger partial charge on any atom is -0.477 e. The second-order valence-corrected chi connectivity index (χ2v) is 10.1. The van der Waals surface area contributed by atoms with Gasteiger partial charge in [0.05, 0.1) is 34.8 Å². The lowest BCUT2D eigenvalue weighted by Crippen LogP contribution is -2.55. The van der Waals surface area contributed by atoms with Crippen LogP contribution in [0.1, 0.15) is 49.2 Å². The van der Waals surface area contributed by atoms with Crippen LogP contribution in [-0.2, 0) is 9.47 Å². The highest BCUT2D eigenvalue weighted by Crippen LogP contribution is 2.31. The summed E-state index contributed by atoms with van der Waals surface area (Å²) in [6.45, 7) is 3.46. The number of amides is 2. The van der Waals surface area contributed by atoms with Gasteiger partial charge in [0.1, 0.15) is 10.6 Å². The molecule has 2 fully saturated rings. The first kappa shape index (κ1) is 25.7. The lowest BCUT2D eigenvalue weighted by molar-refractivity contribution is 0.0540. The van der Waals surface area contributed by atoms with Gasteiger partial charge in [0.2, 0.25) is 0 Å². The van der Waals surface area contributed by atoms with Crippen molar-refractivity contribution in [3.8, 4) is 0 Å². The number of aromatic nitrogens is 2. The Kier molecular flexibility index (Phi) is 7.86. The first-order valence-corrected chi connectivity index (χ1v) is 12.5. The Hall–Kier alpha value is -2.38. The van der Waals surface area contributed by atoms with Gasteiger partial charge in [-0.05, 0) is 19.8 Å². The van der Waals surface area contributed by atoms with Gasteiger partial charge in [0.15, 0.2) is 10.8 Å². The molecule has 4 N–H and O–H groups in total. The molecule has 11 nitrogen and oxygen atoms in total. The fourth-order valence-electron chi connectivity index (χ4n) is 4.11. The number of methoxy groups -OCH3 is 1. The number of hydrogen-bond donors (Lipinski definition) is 4. The monoisotopic (exact) mass is 545 g/mol. The molecule has 2 aliphatic heterocycles. The van der Waals surface area contributed by atoms with E-state index in [1.807, 2.05) is 4.90 Å². The van der Waals surface area contributed by atoms with Gasteiger partial charge in [-0.3, -0.25) is 9.59 Å². The lowest BCUT2D eigenvalue weighted by Gasteiger charge is -2.37. The molecule has 0 spiro atoms. The van der Waals surface area contributed by atoms with Gasteiger partial charge in [-0.15, -0.1) is 0 Å². The molecule has 0 aromatic carbocycles. The summed E-state index contributed by atoms with van der Waals surface area (Å²) >= 11 is 13.2. The molecule has 2 aromatic rings. The standard InChI is InChI=1S/C21H25Cl2N5O6S/c1-9-13(22)14(23)15(24-9)18(29)26-11-3-5-28(7-12(11)33-2)21-27-16(17(35-21)20(31)32)19(30)25-10-4-6-34-8-10/h10-12,24H,3-8H2,1-2H3,(H,25,30)(H,26,29)(H,31,32)/t10-,11-,12+/m1/s1. The molecular formula is C21H25Cl2N5O6S. The third kappa shape index (κ3) is 5.41. The Balaban J connectivity index is 1.46. The Morgan fingerprint density at radius 1 is 1.23 bits per heavy atom. The van der Waals surface area contributed by atoms with Gasteiger partial charge in [0, 0.05) is 32.5 Å². The van der Waals surface area contributed by atoms with E-state index in [2.05, 4.69) is 20.6 Å². The van der Waals surface area contributed by atoms with Gasteiger partial charge >= 0.3 is 5.97 Å². The highest BCUT2D eigenvalue weighted by atomic mass is 35.5. The number of piperidine rings is 1. The highest BCUT2D eigenvalue weighted by Gasteiger charge is 2.35. The lowest BCUT2D eigenvalue weighted by atomic mass is 10.0. The van der Waals surface area contributed by atoms with Crippen LogP contribution in [0.5, 0.6) is 0 Å². The number of nitrogens with one attached hydrogen (secondary N) is 3. The average Bonchev–Trinajstić information content (AvgIpc) is 3.56. The summed E-state index contributed by atoms with van der Waals surface area (Å²) in [6.07, 6.45) is 0.750. The fraction of sp³-hybridized carbons (Fsp3) is 0.524. The number of ether oxygens (including phenoxy) is 2. The molecule has 4 heterocycles. The summed E-state index contributed by atoms with van der Waals surface area (Å²) in [5.41, 5.74) is 0.654. The largest absolute Gasteiger partial charge is 0.477 e. The van der Waals surface area contributed by atoms with Gasteiger partial charge in [-0.1, -0.05) is 34.5 Å². The molecule has 2 amide bonds. The van der Waals surface area contributed by atoms with Crippen molar-refractivity contribution in [3.63, 3.8) is 0 Å². The number of aryl methyl sites for hydroxylation is 1. The second kappa shape index (κ2) is 10.7. The molecule has 0 radical (unpaired) electrons. The van der Waals surface area contributed by atoms with E-state index in [1.165, 1.54) is 7.11 Å². The molecule has 2 aliphatic rings. The minimum absolute atomic E-state index is 0.123. The highest BCUT2D eigenvalue weighted by molar-refractivity contribution is 7.17. The number of carboxylic acid groups (broad SMARTS) is 1. The third-order valence-electron chi connectivity index (χ3n) is 6.02. The summed E-state index contributed by atoms with van der Waals surface area (Å²) in [7, 11) is 1.53. The number of carbonyl (C=O) groups excluding carboxylic acids is 2.